The van der Waals surface area contributed by atoms with E-state index in [0.717, 1.165) is 11.3 Å². The molecule has 4 aromatic rings. The summed E-state index contributed by atoms with van der Waals surface area (Å²) in [4.78, 5) is 47.7. The fraction of sp³-hybridized carbons (Fsp3) is 0.226. The summed E-state index contributed by atoms with van der Waals surface area (Å²) in [5, 5.41) is 11.6. The lowest BCUT2D eigenvalue weighted by Crippen LogP contribution is -2.34. The number of esters is 2. The van der Waals surface area contributed by atoms with Crippen LogP contribution in [0.5, 0.6) is 5.88 Å². The van der Waals surface area contributed by atoms with Crippen molar-refractivity contribution in [3.05, 3.63) is 89.5 Å². The van der Waals surface area contributed by atoms with E-state index in [2.05, 4.69) is 4.98 Å². The topological polar surface area (TPSA) is 125 Å². The second kappa shape index (κ2) is 12.9. The minimum Gasteiger partial charge on any atom is -0.494 e. The first-order valence-electron chi connectivity index (χ1n) is 13.0. The highest BCUT2D eigenvalue weighted by Gasteiger charge is 2.21. The Balaban J connectivity index is 1.69. The Labute approximate surface area is 237 Å². The monoisotopic (exact) mass is 556 g/mol. The van der Waals surface area contributed by atoms with Gasteiger partial charge in [0.2, 0.25) is 5.91 Å². The number of aromatic hydroxyl groups is 1. The van der Waals surface area contributed by atoms with E-state index in [9.17, 15) is 19.5 Å². The number of hydrogen-bond donors (Lipinski definition) is 2. The van der Waals surface area contributed by atoms with Crippen LogP contribution in [0, 0.1) is 0 Å². The number of nitrogens with zero attached hydrogens (tertiary/aromatic N) is 3. The molecule has 0 fully saturated rings. The largest absolute Gasteiger partial charge is 0.494 e. The molecule has 10 nitrogen and oxygen atoms in total. The molecule has 0 aliphatic heterocycles. The van der Waals surface area contributed by atoms with Crippen molar-refractivity contribution in [3.8, 4) is 5.88 Å². The number of nitrogens with one attached hydrogen (secondary N) is 1. The Morgan fingerprint density at radius 1 is 0.902 bits per heavy atom. The quantitative estimate of drug-likeness (QED) is 0.221. The molecule has 0 aliphatic rings. The molecule has 2 N–H and O–H groups in total. The molecule has 1 amide bonds. The molecule has 0 atom stereocenters. The van der Waals surface area contributed by atoms with E-state index in [-0.39, 0.29) is 24.0 Å². The maximum atomic E-state index is 12.5. The highest BCUT2D eigenvalue weighted by Crippen LogP contribution is 2.32. The van der Waals surface area contributed by atoms with Gasteiger partial charge in [-0.2, -0.15) is 0 Å². The maximum Gasteiger partial charge on any atom is 0.344 e. The zero-order valence-electron chi connectivity index (χ0n) is 23.4. The number of aliphatic imine (C=N–C) groups is 1. The number of anilines is 1. The summed E-state index contributed by atoms with van der Waals surface area (Å²) in [5.74, 6) is -1.48. The number of aromatic amines is 1. The van der Waals surface area contributed by atoms with Crippen LogP contribution < -0.4 is 4.90 Å². The predicted octanol–water partition coefficient (Wildman–Crippen LogP) is 4.29. The number of benzene rings is 3. The van der Waals surface area contributed by atoms with Gasteiger partial charge in [0.25, 0.3) is 0 Å². The van der Waals surface area contributed by atoms with Crippen molar-refractivity contribution in [1.82, 2.24) is 9.88 Å². The molecular formula is C31H32N4O6. The van der Waals surface area contributed by atoms with Gasteiger partial charge in [0.15, 0.2) is 12.5 Å². The molecule has 41 heavy (non-hydrogen) atoms. The normalized spacial score (nSPS) is 11.5. The summed E-state index contributed by atoms with van der Waals surface area (Å²) < 4.78 is 9.83. The molecule has 4 rings (SSSR count). The van der Waals surface area contributed by atoms with Crippen LogP contribution >= 0.6 is 0 Å². The molecular weight excluding hydrogens is 524 g/mol. The van der Waals surface area contributed by atoms with Gasteiger partial charge in [-0.05, 0) is 57.4 Å². The van der Waals surface area contributed by atoms with E-state index >= 15 is 0 Å². The van der Waals surface area contributed by atoms with Gasteiger partial charge >= 0.3 is 11.9 Å². The Morgan fingerprint density at radius 3 is 2.27 bits per heavy atom. The number of aromatic nitrogens is 1. The fourth-order valence-electron chi connectivity index (χ4n) is 4.22. The highest BCUT2D eigenvalue weighted by atomic mass is 16.6. The number of hydrogen-bond acceptors (Lipinski definition) is 8. The Kier molecular flexibility index (Phi) is 9.15. The number of H-pyrrole nitrogens is 1. The third-order valence-corrected chi connectivity index (χ3v) is 6.23. The van der Waals surface area contributed by atoms with Crippen LogP contribution in [0.4, 0.5) is 11.4 Å². The van der Waals surface area contributed by atoms with Gasteiger partial charge in [-0.3, -0.25) is 4.79 Å². The zero-order chi connectivity index (χ0) is 29.5. The number of carbonyl (C=O) groups is 3. The second-order valence-corrected chi connectivity index (χ2v) is 9.52. The van der Waals surface area contributed by atoms with Gasteiger partial charge in [-0.15, -0.1) is 0 Å². The molecule has 212 valence electrons. The van der Waals surface area contributed by atoms with Crippen LogP contribution in [-0.2, 0) is 19.1 Å². The summed E-state index contributed by atoms with van der Waals surface area (Å²) in [5.41, 5.74) is 3.78. The Morgan fingerprint density at radius 2 is 1.61 bits per heavy atom. The molecule has 0 bridgehead atoms. The molecule has 1 heterocycles. The highest BCUT2D eigenvalue weighted by molar-refractivity contribution is 6.22. The van der Waals surface area contributed by atoms with Crippen molar-refractivity contribution in [2.45, 2.75) is 6.92 Å². The number of ether oxygens (including phenoxy) is 2. The molecule has 0 saturated heterocycles. The first kappa shape index (κ1) is 29.0. The van der Waals surface area contributed by atoms with Crippen molar-refractivity contribution < 1.29 is 29.0 Å². The Hall–Kier alpha value is -4.96. The summed E-state index contributed by atoms with van der Waals surface area (Å²) in [6, 6.07) is 21.5. The van der Waals surface area contributed by atoms with Gasteiger partial charge in [-0.1, -0.05) is 36.4 Å². The standard InChI is InChI=1S/C31H32N4O6/c1-5-40-27(37)19-41-31(39)21-11-16-24-25(17-21)33-30(38)28(24)29(20-9-7-6-8-10-20)32-22-12-14-23(15-13-22)35(4)26(36)18-34(2)3/h6-17,33,38H,5,18-19H2,1-4H3. The molecule has 3 aromatic carbocycles. The number of rotatable bonds is 10. The van der Waals surface area contributed by atoms with E-state index in [1.165, 1.54) is 0 Å². The van der Waals surface area contributed by atoms with Crippen molar-refractivity contribution >= 4 is 45.8 Å². The van der Waals surface area contributed by atoms with Crippen LogP contribution in [0.2, 0.25) is 0 Å². The predicted molar refractivity (Wildman–Crippen MR) is 157 cm³/mol. The summed E-state index contributed by atoms with van der Waals surface area (Å²) in [6.45, 7) is 1.66. The van der Waals surface area contributed by atoms with E-state index in [4.69, 9.17) is 14.5 Å². The number of carbonyl (C=O) groups excluding carboxylic acids is 3. The van der Waals surface area contributed by atoms with E-state index in [0.29, 0.717) is 34.4 Å². The fourth-order valence-corrected chi connectivity index (χ4v) is 4.22. The molecule has 0 unspecified atom stereocenters. The van der Waals surface area contributed by atoms with Crippen molar-refractivity contribution in [3.63, 3.8) is 0 Å². The van der Waals surface area contributed by atoms with Gasteiger partial charge in [0.05, 0.1) is 35.7 Å². The SMILES string of the molecule is CCOC(=O)COC(=O)c1ccc2c(C(=Nc3ccc(N(C)C(=O)CN(C)C)cc3)c3ccccc3)c(O)[nH]c2c1. The molecule has 0 spiro atoms. The third kappa shape index (κ3) is 6.98. The summed E-state index contributed by atoms with van der Waals surface area (Å²) >= 11 is 0. The maximum absolute atomic E-state index is 12.5. The van der Waals surface area contributed by atoms with E-state index in [1.807, 2.05) is 61.5 Å². The molecule has 0 aliphatic carbocycles. The lowest BCUT2D eigenvalue weighted by atomic mass is 10.00. The van der Waals surface area contributed by atoms with Gasteiger partial charge in [-0.25, -0.2) is 14.6 Å². The lowest BCUT2D eigenvalue weighted by molar-refractivity contribution is -0.146. The van der Waals surface area contributed by atoms with Crippen LogP contribution in [0.1, 0.15) is 28.4 Å². The molecule has 1 aromatic heterocycles. The smallest absolute Gasteiger partial charge is 0.344 e. The minimum absolute atomic E-state index is 0.0379. The molecule has 0 saturated carbocycles. The number of likely N-dealkylation sites (N-methyl/N-ethyl adjacent to an activating group) is 2. The number of fused-ring (bicyclic) bond motifs is 1. The van der Waals surface area contributed by atoms with Crippen molar-refractivity contribution in [2.75, 3.05) is 45.8 Å². The van der Waals surface area contributed by atoms with Crippen molar-refractivity contribution in [2.24, 2.45) is 4.99 Å². The van der Waals surface area contributed by atoms with E-state index in [1.54, 1.807) is 49.2 Å². The first-order valence-corrected chi connectivity index (χ1v) is 13.0. The summed E-state index contributed by atoms with van der Waals surface area (Å²) in [6.07, 6.45) is 0. The molecule has 10 heteroatoms. The van der Waals surface area contributed by atoms with Gasteiger partial charge < -0.3 is 29.4 Å². The second-order valence-electron chi connectivity index (χ2n) is 9.52. The zero-order valence-corrected chi connectivity index (χ0v) is 23.4. The van der Waals surface area contributed by atoms with Gasteiger partial charge in [0, 0.05) is 29.2 Å². The third-order valence-electron chi connectivity index (χ3n) is 6.23. The summed E-state index contributed by atoms with van der Waals surface area (Å²) in [7, 11) is 5.41. The average molecular weight is 557 g/mol. The number of amides is 1. The minimum atomic E-state index is -0.693. The van der Waals surface area contributed by atoms with Gasteiger partial charge in [0.1, 0.15) is 0 Å². The Bertz CT molecular complexity index is 1580. The average Bonchev–Trinajstić information content (AvgIpc) is 3.29. The lowest BCUT2D eigenvalue weighted by Gasteiger charge is -2.19. The van der Waals surface area contributed by atoms with Crippen LogP contribution in [0.3, 0.4) is 0 Å². The van der Waals surface area contributed by atoms with Crippen LogP contribution in [-0.4, -0.2) is 79.4 Å². The van der Waals surface area contributed by atoms with Crippen molar-refractivity contribution in [1.29, 1.82) is 0 Å². The van der Waals surface area contributed by atoms with E-state index < -0.39 is 18.5 Å². The molecule has 0 radical (unpaired) electrons. The van der Waals surface area contributed by atoms with Crippen LogP contribution in [0.15, 0.2) is 77.8 Å². The first-order chi connectivity index (χ1) is 19.7. The van der Waals surface area contributed by atoms with Crippen LogP contribution in [0.25, 0.3) is 10.9 Å².